The SMILES string of the molecule is O=C(O)C1C[C@@H](O)[C@@H](O)CN1. The first-order valence-corrected chi connectivity index (χ1v) is 3.43. The number of aliphatic carboxylic acids is 1. The molecule has 0 radical (unpaired) electrons. The maximum absolute atomic E-state index is 10.4. The molecule has 4 N–H and O–H groups in total. The minimum atomic E-state index is -0.990. The zero-order valence-corrected chi connectivity index (χ0v) is 5.90. The highest BCUT2D eigenvalue weighted by molar-refractivity contribution is 5.73. The van der Waals surface area contributed by atoms with Crippen molar-refractivity contribution in [1.29, 1.82) is 0 Å². The zero-order chi connectivity index (χ0) is 8.43. The molecule has 0 saturated carbocycles. The maximum Gasteiger partial charge on any atom is 0.320 e. The molecule has 5 heteroatoms. The second-order valence-corrected chi connectivity index (χ2v) is 2.67. The number of β-amino-alcohol motifs (C(OH)–C–C–N with tert-alkyl or cyclic N) is 1. The standard InChI is InChI=1S/C6H11NO4/c8-4-1-3(6(10)11)7-2-5(4)9/h3-5,7-9H,1-2H2,(H,10,11)/t3?,4-,5+/m1/s1. The predicted octanol–water partition coefficient (Wildman–Crippen LogP) is -1.85. The van der Waals surface area contributed by atoms with E-state index in [0.29, 0.717) is 0 Å². The first-order chi connectivity index (χ1) is 5.11. The van der Waals surface area contributed by atoms with Gasteiger partial charge in [-0.2, -0.15) is 0 Å². The van der Waals surface area contributed by atoms with E-state index in [9.17, 15) is 4.79 Å². The molecular weight excluding hydrogens is 150 g/mol. The molecule has 1 heterocycles. The van der Waals surface area contributed by atoms with Crippen molar-refractivity contribution >= 4 is 5.97 Å². The molecule has 1 aliphatic rings. The van der Waals surface area contributed by atoms with Crippen LogP contribution in [0.5, 0.6) is 0 Å². The number of hydrogen-bond acceptors (Lipinski definition) is 4. The Bertz CT molecular complexity index is 161. The lowest BCUT2D eigenvalue weighted by Gasteiger charge is -2.28. The summed E-state index contributed by atoms with van der Waals surface area (Å²) in [6.45, 7) is 0.137. The molecule has 1 saturated heterocycles. The molecule has 0 aromatic rings. The molecular formula is C6H11NO4. The summed E-state index contributed by atoms with van der Waals surface area (Å²) >= 11 is 0. The Labute approximate surface area is 63.7 Å². The number of hydrogen-bond donors (Lipinski definition) is 4. The van der Waals surface area contributed by atoms with Crippen LogP contribution >= 0.6 is 0 Å². The van der Waals surface area contributed by atoms with Gasteiger partial charge in [0.1, 0.15) is 6.04 Å². The Balaban J connectivity index is 2.46. The van der Waals surface area contributed by atoms with Gasteiger partial charge < -0.3 is 20.6 Å². The topological polar surface area (TPSA) is 89.8 Å². The molecule has 0 aromatic heterocycles. The number of piperidine rings is 1. The van der Waals surface area contributed by atoms with Crippen molar-refractivity contribution in [2.45, 2.75) is 24.7 Å². The van der Waals surface area contributed by atoms with Gasteiger partial charge in [0.2, 0.25) is 0 Å². The highest BCUT2D eigenvalue weighted by Crippen LogP contribution is 2.08. The zero-order valence-electron chi connectivity index (χ0n) is 5.90. The molecule has 1 fully saturated rings. The van der Waals surface area contributed by atoms with Gasteiger partial charge in [0, 0.05) is 13.0 Å². The van der Waals surface area contributed by atoms with Gasteiger partial charge in [0.15, 0.2) is 0 Å². The third-order valence-corrected chi connectivity index (χ3v) is 1.79. The summed E-state index contributed by atoms with van der Waals surface area (Å²) in [6.07, 6.45) is -1.70. The Morgan fingerprint density at radius 1 is 1.36 bits per heavy atom. The highest BCUT2D eigenvalue weighted by Gasteiger charge is 2.30. The van der Waals surface area contributed by atoms with E-state index < -0.39 is 24.2 Å². The van der Waals surface area contributed by atoms with Crippen LogP contribution in [0, 0.1) is 0 Å². The third kappa shape index (κ3) is 1.89. The molecule has 0 aliphatic carbocycles. The molecule has 64 valence electrons. The Hall–Kier alpha value is -0.650. The first-order valence-electron chi connectivity index (χ1n) is 3.43. The van der Waals surface area contributed by atoms with E-state index in [4.69, 9.17) is 15.3 Å². The van der Waals surface area contributed by atoms with E-state index in [1.807, 2.05) is 0 Å². The van der Waals surface area contributed by atoms with Gasteiger partial charge in [0.25, 0.3) is 0 Å². The van der Waals surface area contributed by atoms with E-state index in [-0.39, 0.29) is 13.0 Å². The number of aliphatic hydroxyl groups is 2. The number of carbonyl (C=O) groups is 1. The summed E-state index contributed by atoms with van der Waals surface area (Å²) in [5, 5.41) is 29.1. The monoisotopic (exact) mass is 161 g/mol. The van der Waals surface area contributed by atoms with E-state index >= 15 is 0 Å². The van der Waals surface area contributed by atoms with Gasteiger partial charge in [-0.1, -0.05) is 0 Å². The lowest BCUT2D eigenvalue weighted by Crippen LogP contribution is -2.52. The van der Waals surface area contributed by atoms with Crippen molar-refractivity contribution in [3.8, 4) is 0 Å². The number of nitrogens with one attached hydrogen (secondary N) is 1. The summed E-state index contributed by atoms with van der Waals surface area (Å²) in [7, 11) is 0. The number of aliphatic hydroxyl groups excluding tert-OH is 2. The van der Waals surface area contributed by atoms with Crippen LogP contribution in [-0.4, -0.2) is 46.1 Å². The van der Waals surface area contributed by atoms with Crippen molar-refractivity contribution in [1.82, 2.24) is 5.32 Å². The molecule has 11 heavy (non-hydrogen) atoms. The van der Waals surface area contributed by atoms with Crippen molar-refractivity contribution < 1.29 is 20.1 Å². The molecule has 0 spiro atoms. The van der Waals surface area contributed by atoms with Crippen LogP contribution in [0.15, 0.2) is 0 Å². The lowest BCUT2D eigenvalue weighted by atomic mass is 10.00. The minimum Gasteiger partial charge on any atom is -0.480 e. The summed E-state index contributed by atoms with van der Waals surface area (Å²) in [5.41, 5.74) is 0. The molecule has 1 rings (SSSR count). The van der Waals surface area contributed by atoms with Crippen LogP contribution in [0.3, 0.4) is 0 Å². The molecule has 1 unspecified atom stereocenters. The summed E-state index contributed by atoms with van der Waals surface area (Å²) in [4.78, 5) is 10.4. The van der Waals surface area contributed by atoms with Crippen molar-refractivity contribution in [2.75, 3.05) is 6.54 Å². The number of carboxylic acid groups (broad SMARTS) is 1. The summed E-state index contributed by atoms with van der Waals surface area (Å²) in [5.74, 6) is -0.990. The van der Waals surface area contributed by atoms with Crippen molar-refractivity contribution in [3.05, 3.63) is 0 Å². The average Bonchev–Trinajstić information content (AvgIpc) is 1.94. The molecule has 3 atom stereocenters. The number of rotatable bonds is 1. The van der Waals surface area contributed by atoms with Crippen LogP contribution < -0.4 is 5.32 Å². The molecule has 1 aliphatic heterocycles. The van der Waals surface area contributed by atoms with Crippen LogP contribution in [0.4, 0.5) is 0 Å². The minimum absolute atomic E-state index is 0.0660. The van der Waals surface area contributed by atoms with E-state index in [0.717, 1.165) is 0 Å². The molecule has 0 aromatic carbocycles. The van der Waals surface area contributed by atoms with Crippen molar-refractivity contribution in [2.24, 2.45) is 0 Å². The third-order valence-electron chi connectivity index (χ3n) is 1.79. The van der Waals surface area contributed by atoms with Crippen LogP contribution in [0.2, 0.25) is 0 Å². The second kappa shape index (κ2) is 3.17. The van der Waals surface area contributed by atoms with Gasteiger partial charge in [-0.15, -0.1) is 0 Å². The van der Waals surface area contributed by atoms with E-state index in [1.165, 1.54) is 0 Å². The van der Waals surface area contributed by atoms with Gasteiger partial charge >= 0.3 is 5.97 Å². The Kier molecular flexibility index (Phi) is 2.43. The normalized spacial score (nSPS) is 38.5. The Morgan fingerprint density at radius 2 is 2.00 bits per heavy atom. The average molecular weight is 161 g/mol. The van der Waals surface area contributed by atoms with Crippen molar-refractivity contribution in [3.63, 3.8) is 0 Å². The van der Waals surface area contributed by atoms with Gasteiger partial charge in [-0.05, 0) is 0 Å². The van der Waals surface area contributed by atoms with Gasteiger partial charge in [-0.3, -0.25) is 4.79 Å². The van der Waals surface area contributed by atoms with Gasteiger partial charge in [0.05, 0.1) is 12.2 Å². The van der Waals surface area contributed by atoms with E-state index in [2.05, 4.69) is 5.32 Å². The summed E-state index contributed by atoms with van der Waals surface area (Å²) < 4.78 is 0. The fourth-order valence-corrected chi connectivity index (χ4v) is 1.07. The van der Waals surface area contributed by atoms with Crippen LogP contribution in [0.1, 0.15) is 6.42 Å². The molecule has 0 amide bonds. The quantitative estimate of drug-likeness (QED) is 0.362. The molecule has 0 bridgehead atoms. The maximum atomic E-state index is 10.4. The lowest BCUT2D eigenvalue weighted by molar-refractivity contribution is -0.142. The Morgan fingerprint density at radius 3 is 2.45 bits per heavy atom. The van der Waals surface area contributed by atoms with Crippen LogP contribution in [-0.2, 0) is 4.79 Å². The van der Waals surface area contributed by atoms with Gasteiger partial charge in [-0.25, -0.2) is 0 Å². The predicted molar refractivity (Wildman–Crippen MR) is 36.1 cm³/mol. The fraction of sp³-hybridized carbons (Fsp3) is 0.833. The van der Waals surface area contributed by atoms with E-state index in [1.54, 1.807) is 0 Å². The summed E-state index contributed by atoms with van der Waals surface area (Å²) in [6, 6.07) is -0.728. The second-order valence-electron chi connectivity index (χ2n) is 2.67. The first kappa shape index (κ1) is 8.45. The largest absolute Gasteiger partial charge is 0.480 e. The fourth-order valence-electron chi connectivity index (χ4n) is 1.07. The smallest absolute Gasteiger partial charge is 0.320 e. The molecule has 5 nitrogen and oxygen atoms in total. The number of carboxylic acids is 1. The highest BCUT2D eigenvalue weighted by atomic mass is 16.4. The van der Waals surface area contributed by atoms with Crippen LogP contribution in [0.25, 0.3) is 0 Å².